The summed E-state index contributed by atoms with van der Waals surface area (Å²) < 4.78 is 31.4. The lowest BCUT2D eigenvalue weighted by atomic mass is 9.97. The van der Waals surface area contributed by atoms with Crippen molar-refractivity contribution in [1.29, 1.82) is 0 Å². The Hall–Kier alpha value is -1.40. The Balaban J connectivity index is 2.59. The van der Waals surface area contributed by atoms with E-state index in [0.717, 1.165) is 17.4 Å². The van der Waals surface area contributed by atoms with E-state index >= 15 is 0 Å². The first kappa shape index (κ1) is 16.7. The Morgan fingerprint density at radius 2 is 1.85 bits per heavy atom. The highest BCUT2D eigenvalue weighted by Crippen LogP contribution is 2.20. The topological polar surface area (TPSA) is 69.7 Å². The van der Waals surface area contributed by atoms with Crippen LogP contribution in [0.2, 0.25) is 0 Å². The summed E-state index contributed by atoms with van der Waals surface area (Å²) in [5.74, 6) is -0.164. The van der Waals surface area contributed by atoms with Crippen LogP contribution in [0.3, 0.4) is 0 Å². The molecule has 0 bridgehead atoms. The first-order chi connectivity index (χ1) is 9.31. The number of benzene rings is 1. The summed E-state index contributed by atoms with van der Waals surface area (Å²) in [5, 5.41) is 0. The van der Waals surface area contributed by atoms with E-state index in [1.54, 1.807) is 19.1 Å². The number of carbonyl (C=O) groups is 1. The molecule has 0 saturated heterocycles. The fraction of sp³-hybridized carbons (Fsp3) is 0.500. The smallest absolute Gasteiger partial charge is 0.306 e. The van der Waals surface area contributed by atoms with Crippen molar-refractivity contribution in [2.24, 2.45) is 0 Å². The molecular weight excluding hydrogens is 280 g/mol. The van der Waals surface area contributed by atoms with E-state index in [4.69, 9.17) is 8.92 Å². The standard InChI is InChI=1S/C14H20O5S/c1-4-18-14(15)9-11(2)13-7-5-12(6-8-13)10-19-20(3,16)17/h5-8,11H,4,9-10H2,1-3H3. The van der Waals surface area contributed by atoms with E-state index in [9.17, 15) is 13.2 Å². The van der Waals surface area contributed by atoms with Crippen LogP contribution in [-0.2, 0) is 30.4 Å². The van der Waals surface area contributed by atoms with E-state index in [1.807, 2.05) is 19.1 Å². The second-order valence-electron chi connectivity index (χ2n) is 4.62. The van der Waals surface area contributed by atoms with Gasteiger partial charge in [0.05, 0.1) is 25.9 Å². The van der Waals surface area contributed by atoms with Crippen molar-refractivity contribution in [3.05, 3.63) is 35.4 Å². The van der Waals surface area contributed by atoms with Crippen molar-refractivity contribution in [3.63, 3.8) is 0 Å². The molecule has 0 radical (unpaired) electrons. The molecule has 0 fully saturated rings. The Morgan fingerprint density at radius 1 is 1.25 bits per heavy atom. The first-order valence-electron chi connectivity index (χ1n) is 6.40. The molecule has 0 amide bonds. The average molecular weight is 300 g/mol. The summed E-state index contributed by atoms with van der Waals surface area (Å²) in [7, 11) is -3.43. The molecule has 0 aromatic heterocycles. The van der Waals surface area contributed by atoms with Gasteiger partial charge in [-0.25, -0.2) is 0 Å². The summed E-state index contributed by atoms with van der Waals surface area (Å²) in [6.45, 7) is 4.12. The molecule has 1 unspecified atom stereocenters. The zero-order valence-corrected chi connectivity index (χ0v) is 12.8. The minimum atomic E-state index is -3.43. The maximum Gasteiger partial charge on any atom is 0.306 e. The molecular formula is C14H20O5S. The van der Waals surface area contributed by atoms with Gasteiger partial charge in [-0.05, 0) is 24.0 Å². The summed E-state index contributed by atoms with van der Waals surface area (Å²) in [5.41, 5.74) is 1.77. The third-order valence-electron chi connectivity index (χ3n) is 2.77. The van der Waals surface area contributed by atoms with Gasteiger partial charge in [0, 0.05) is 0 Å². The molecule has 1 rings (SSSR count). The largest absolute Gasteiger partial charge is 0.466 e. The van der Waals surface area contributed by atoms with Crippen molar-refractivity contribution in [2.75, 3.05) is 12.9 Å². The molecule has 0 heterocycles. The Labute approximate surface area is 120 Å². The van der Waals surface area contributed by atoms with Crippen LogP contribution in [-0.4, -0.2) is 27.2 Å². The number of ether oxygens (including phenoxy) is 1. The fourth-order valence-corrected chi connectivity index (χ4v) is 2.06. The van der Waals surface area contributed by atoms with Gasteiger partial charge < -0.3 is 4.74 Å². The van der Waals surface area contributed by atoms with Crippen LogP contribution in [0, 0.1) is 0 Å². The maximum absolute atomic E-state index is 11.4. The van der Waals surface area contributed by atoms with E-state index < -0.39 is 10.1 Å². The SMILES string of the molecule is CCOC(=O)CC(C)c1ccc(COS(C)(=O)=O)cc1. The van der Waals surface area contributed by atoms with Crippen LogP contribution < -0.4 is 0 Å². The van der Waals surface area contributed by atoms with E-state index in [-0.39, 0.29) is 18.5 Å². The molecule has 20 heavy (non-hydrogen) atoms. The van der Waals surface area contributed by atoms with Gasteiger partial charge in [-0.3, -0.25) is 8.98 Å². The average Bonchev–Trinajstić information content (AvgIpc) is 2.36. The number of hydrogen-bond donors (Lipinski definition) is 0. The Kier molecular flexibility index (Phi) is 6.16. The van der Waals surface area contributed by atoms with Crippen LogP contribution in [0.1, 0.15) is 37.3 Å². The predicted molar refractivity (Wildman–Crippen MR) is 75.7 cm³/mol. The molecule has 1 aromatic carbocycles. The Bertz CT molecular complexity index is 533. The lowest BCUT2D eigenvalue weighted by Gasteiger charge is -2.11. The molecule has 0 saturated carbocycles. The lowest BCUT2D eigenvalue weighted by Crippen LogP contribution is -2.08. The fourth-order valence-electron chi connectivity index (χ4n) is 1.71. The van der Waals surface area contributed by atoms with Crippen LogP contribution in [0.15, 0.2) is 24.3 Å². The second-order valence-corrected chi connectivity index (χ2v) is 6.26. The molecule has 0 aliphatic heterocycles. The van der Waals surface area contributed by atoms with Crippen LogP contribution >= 0.6 is 0 Å². The van der Waals surface area contributed by atoms with Crippen LogP contribution in [0.5, 0.6) is 0 Å². The number of hydrogen-bond acceptors (Lipinski definition) is 5. The quantitative estimate of drug-likeness (QED) is 0.570. The van der Waals surface area contributed by atoms with Crippen molar-refractivity contribution in [3.8, 4) is 0 Å². The Morgan fingerprint density at radius 3 is 2.35 bits per heavy atom. The highest BCUT2D eigenvalue weighted by atomic mass is 32.2. The third kappa shape index (κ3) is 6.16. The molecule has 0 aliphatic carbocycles. The molecule has 6 heteroatoms. The predicted octanol–water partition coefficient (Wildman–Crippen LogP) is 2.22. The van der Waals surface area contributed by atoms with Crippen molar-refractivity contribution < 1.29 is 22.1 Å². The second kappa shape index (κ2) is 7.40. The van der Waals surface area contributed by atoms with Crippen molar-refractivity contribution in [1.82, 2.24) is 0 Å². The molecule has 0 aliphatic rings. The lowest BCUT2D eigenvalue weighted by molar-refractivity contribution is -0.143. The van der Waals surface area contributed by atoms with Gasteiger partial charge in [-0.1, -0.05) is 31.2 Å². The summed E-state index contributed by atoms with van der Waals surface area (Å²) >= 11 is 0. The van der Waals surface area contributed by atoms with Gasteiger partial charge in [0.25, 0.3) is 10.1 Å². The van der Waals surface area contributed by atoms with Gasteiger partial charge >= 0.3 is 5.97 Å². The zero-order valence-electron chi connectivity index (χ0n) is 12.0. The minimum absolute atomic E-state index is 0.0192. The molecule has 5 nitrogen and oxygen atoms in total. The molecule has 112 valence electrons. The van der Waals surface area contributed by atoms with Gasteiger partial charge in [0.1, 0.15) is 0 Å². The van der Waals surface area contributed by atoms with E-state index in [0.29, 0.717) is 13.0 Å². The third-order valence-corrected chi connectivity index (χ3v) is 3.31. The van der Waals surface area contributed by atoms with E-state index in [1.165, 1.54) is 0 Å². The van der Waals surface area contributed by atoms with E-state index in [2.05, 4.69) is 0 Å². The van der Waals surface area contributed by atoms with Crippen molar-refractivity contribution in [2.45, 2.75) is 32.8 Å². The zero-order chi connectivity index (χ0) is 15.2. The highest BCUT2D eigenvalue weighted by molar-refractivity contribution is 7.85. The van der Waals surface area contributed by atoms with Gasteiger partial charge in [-0.2, -0.15) is 8.42 Å². The number of rotatable bonds is 7. The summed E-state index contributed by atoms with van der Waals surface area (Å²) in [6, 6.07) is 7.32. The molecule has 1 aromatic rings. The number of esters is 1. The monoisotopic (exact) mass is 300 g/mol. The molecule has 0 N–H and O–H groups in total. The van der Waals surface area contributed by atoms with Crippen molar-refractivity contribution >= 4 is 16.1 Å². The summed E-state index contributed by atoms with van der Waals surface area (Å²) in [6.07, 6.45) is 1.34. The number of carbonyl (C=O) groups excluding carboxylic acids is 1. The normalized spacial score (nSPS) is 12.9. The molecule has 1 atom stereocenters. The minimum Gasteiger partial charge on any atom is -0.466 e. The van der Waals surface area contributed by atoms with Crippen LogP contribution in [0.4, 0.5) is 0 Å². The summed E-state index contributed by atoms with van der Waals surface area (Å²) in [4.78, 5) is 11.4. The van der Waals surface area contributed by atoms with Gasteiger partial charge in [0.15, 0.2) is 0 Å². The highest BCUT2D eigenvalue weighted by Gasteiger charge is 2.12. The molecule has 0 spiro atoms. The van der Waals surface area contributed by atoms with Crippen LogP contribution in [0.25, 0.3) is 0 Å². The maximum atomic E-state index is 11.4. The van der Waals surface area contributed by atoms with Gasteiger partial charge in [0.2, 0.25) is 0 Å². The van der Waals surface area contributed by atoms with Gasteiger partial charge in [-0.15, -0.1) is 0 Å². The first-order valence-corrected chi connectivity index (χ1v) is 8.22.